The molecule has 2 atom stereocenters. The quantitative estimate of drug-likeness (QED) is 0.325. The van der Waals surface area contributed by atoms with Crippen molar-refractivity contribution in [3.63, 3.8) is 0 Å². The van der Waals surface area contributed by atoms with E-state index < -0.39 is 25.2 Å². The van der Waals surface area contributed by atoms with Crippen LogP contribution in [0.3, 0.4) is 0 Å². The van der Waals surface area contributed by atoms with Crippen LogP contribution in [0.1, 0.15) is 22.2 Å². The van der Waals surface area contributed by atoms with Gasteiger partial charge in [0.1, 0.15) is 17.9 Å². The standard InChI is InChI=1S/C25H22NO4P/c27-24(19-11-4-1-5-12-19)25(28)23(22-17-10-18-30-22)26-31(29,20-13-6-2-7-14-20)21-15-8-3-9-16-21/h1-18,23,25,28H,(H,26,29)/t23-,25+/m0/s1. The van der Waals surface area contributed by atoms with Gasteiger partial charge < -0.3 is 9.52 Å². The van der Waals surface area contributed by atoms with Crippen molar-refractivity contribution in [1.29, 1.82) is 0 Å². The third-order valence-electron chi connectivity index (χ3n) is 5.05. The lowest BCUT2D eigenvalue weighted by Crippen LogP contribution is -2.39. The molecule has 4 aromatic rings. The lowest BCUT2D eigenvalue weighted by atomic mass is 9.99. The molecule has 1 aromatic heterocycles. The van der Waals surface area contributed by atoms with Crippen LogP contribution in [-0.2, 0) is 4.57 Å². The Balaban J connectivity index is 1.78. The van der Waals surface area contributed by atoms with Gasteiger partial charge >= 0.3 is 0 Å². The lowest BCUT2D eigenvalue weighted by molar-refractivity contribution is 0.0658. The molecule has 0 saturated carbocycles. The zero-order valence-corrected chi connectivity index (χ0v) is 17.6. The Morgan fingerprint density at radius 2 is 1.29 bits per heavy atom. The molecule has 3 aromatic carbocycles. The predicted molar refractivity (Wildman–Crippen MR) is 121 cm³/mol. The summed E-state index contributed by atoms with van der Waals surface area (Å²) in [5, 5.41) is 15.3. The number of Topliss-reactive ketones (excluding diaryl/α,β-unsaturated/α-hetero) is 1. The summed E-state index contributed by atoms with van der Waals surface area (Å²) in [5.74, 6) is -0.161. The number of hydrogen-bond acceptors (Lipinski definition) is 4. The highest BCUT2D eigenvalue weighted by Gasteiger charge is 2.37. The smallest absolute Gasteiger partial charge is 0.205 e. The second-order valence-electron chi connectivity index (χ2n) is 7.08. The Morgan fingerprint density at radius 3 is 1.77 bits per heavy atom. The van der Waals surface area contributed by atoms with Gasteiger partial charge in [0, 0.05) is 16.2 Å². The fourth-order valence-electron chi connectivity index (χ4n) is 3.45. The Labute approximate surface area is 180 Å². The number of ketones is 1. The largest absolute Gasteiger partial charge is 0.468 e. The van der Waals surface area contributed by atoms with Crippen molar-refractivity contribution < 1.29 is 18.9 Å². The molecule has 0 radical (unpaired) electrons. The van der Waals surface area contributed by atoms with Gasteiger partial charge in [-0.25, -0.2) is 5.09 Å². The summed E-state index contributed by atoms with van der Waals surface area (Å²) in [6, 6.07) is 28.8. The van der Waals surface area contributed by atoms with Gasteiger partial charge in [0.05, 0.1) is 6.26 Å². The van der Waals surface area contributed by atoms with Crippen molar-refractivity contribution in [2.24, 2.45) is 0 Å². The number of carbonyl (C=O) groups is 1. The van der Waals surface area contributed by atoms with Crippen LogP contribution in [0.5, 0.6) is 0 Å². The first kappa shape index (κ1) is 21.0. The molecule has 1 heterocycles. The normalized spacial score (nSPS) is 13.5. The number of furan rings is 1. The molecule has 0 bridgehead atoms. The predicted octanol–water partition coefficient (Wildman–Crippen LogP) is 4.08. The van der Waals surface area contributed by atoms with Crippen molar-refractivity contribution in [3.8, 4) is 0 Å². The molecule has 0 saturated heterocycles. The molecule has 0 aliphatic rings. The summed E-state index contributed by atoms with van der Waals surface area (Å²) in [6.07, 6.45) is -0.0473. The van der Waals surface area contributed by atoms with Gasteiger partial charge in [-0.15, -0.1) is 0 Å². The van der Waals surface area contributed by atoms with Crippen LogP contribution < -0.4 is 15.7 Å². The molecule has 4 rings (SSSR count). The van der Waals surface area contributed by atoms with Crippen LogP contribution in [0.15, 0.2) is 114 Å². The molecule has 0 fully saturated rings. The molecule has 0 amide bonds. The van der Waals surface area contributed by atoms with E-state index in [1.165, 1.54) is 6.26 Å². The SMILES string of the molecule is O=C(c1ccccc1)[C@H](O)[C@@H](NP(=O)(c1ccccc1)c1ccccc1)c1ccco1. The van der Waals surface area contributed by atoms with Crippen LogP contribution in [-0.4, -0.2) is 17.0 Å². The van der Waals surface area contributed by atoms with Crippen LogP contribution in [0.25, 0.3) is 0 Å². The van der Waals surface area contributed by atoms with Crippen molar-refractivity contribution in [2.75, 3.05) is 0 Å². The van der Waals surface area contributed by atoms with E-state index in [4.69, 9.17) is 4.42 Å². The highest BCUT2D eigenvalue weighted by Crippen LogP contribution is 2.42. The average molecular weight is 431 g/mol. The maximum Gasteiger partial charge on any atom is 0.205 e. The summed E-state index contributed by atoms with van der Waals surface area (Å²) in [7, 11) is -3.43. The molecule has 6 heteroatoms. The Hall–Kier alpha value is -3.24. The van der Waals surface area contributed by atoms with Gasteiger partial charge in [0.25, 0.3) is 0 Å². The molecule has 0 aliphatic heterocycles. The highest BCUT2D eigenvalue weighted by atomic mass is 31.2. The minimum atomic E-state index is -3.43. The van der Waals surface area contributed by atoms with Crippen LogP contribution in [0.2, 0.25) is 0 Å². The van der Waals surface area contributed by atoms with E-state index in [1.807, 2.05) is 12.1 Å². The number of benzene rings is 3. The number of aliphatic hydroxyl groups is 1. The van der Waals surface area contributed by atoms with Crippen LogP contribution >= 0.6 is 7.29 Å². The van der Waals surface area contributed by atoms with Gasteiger partial charge in [0.2, 0.25) is 7.29 Å². The number of hydrogen-bond donors (Lipinski definition) is 2. The van der Waals surface area contributed by atoms with E-state index in [2.05, 4.69) is 5.09 Å². The van der Waals surface area contributed by atoms with E-state index in [0.717, 1.165) is 0 Å². The van der Waals surface area contributed by atoms with Gasteiger partial charge in [0.15, 0.2) is 5.78 Å². The number of carbonyl (C=O) groups excluding carboxylic acids is 1. The molecule has 2 N–H and O–H groups in total. The van der Waals surface area contributed by atoms with Crippen molar-refractivity contribution >= 4 is 23.7 Å². The summed E-state index contributed by atoms with van der Waals surface area (Å²) in [6.45, 7) is 0. The van der Waals surface area contributed by atoms with Crippen LogP contribution in [0.4, 0.5) is 0 Å². The first-order chi connectivity index (χ1) is 15.1. The molecule has 5 nitrogen and oxygen atoms in total. The third-order valence-corrected chi connectivity index (χ3v) is 7.75. The second kappa shape index (κ2) is 9.27. The van der Waals surface area contributed by atoms with Gasteiger partial charge in [-0.3, -0.25) is 9.36 Å². The van der Waals surface area contributed by atoms with E-state index in [1.54, 1.807) is 91.0 Å². The zero-order valence-electron chi connectivity index (χ0n) is 16.7. The Bertz CT molecular complexity index is 1120. The molecule has 0 spiro atoms. The first-order valence-electron chi connectivity index (χ1n) is 9.89. The fourth-order valence-corrected chi connectivity index (χ4v) is 5.89. The van der Waals surface area contributed by atoms with Crippen molar-refractivity contribution in [3.05, 3.63) is 121 Å². The summed E-state index contributed by atoms with van der Waals surface area (Å²) in [5.41, 5.74) is 0.364. The molecular weight excluding hydrogens is 409 g/mol. The monoisotopic (exact) mass is 431 g/mol. The van der Waals surface area contributed by atoms with E-state index in [-0.39, 0.29) is 0 Å². The fraction of sp³-hybridized carbons (Fsp3) is 0.0800. The molecule has 0 aliphatic carbocycles. The van der Waals surface area contributed by atoms with Gasteiger partial charge in [-0.05, 0) is 36.4 Å². The molecule has 0 unspecified atom stereocenters. The Kier molecular flexibility index (Phi) is 6.28. The number of rotatable bonds is 8. The zero-order chi connectivity index (χ0) is 21.7. The minimum absolute atomic E-state index is 0.323. The molecule has 31 heavy (non-hydrogen) atoms. The number of nitrogens with one attached hydrogen (secondary N) is 1. The minimum Gasteiger partial charge on any atom is -0.468 e. The molecule has 156 valence electrons. The van der Waals surface area contributed by atoms with E-state index >= 15 is 0 Å². The summed E-state index contributed by atoms with van der Waals surface area (Å²) >= 11 is 0. The van der Waals surface area contributed by atoms with E-state index in [0.29, 0.717) is 21.9 Å². The Morgan fingerprint density at radius 1 is 0.774 bits per heavy atom. The van der Waals surface area contributed by atoms with E-state index in [9.17, 15) is 14.5 Å². The maximum absolute atomic E-state index is 14.4. The summed E-state index contributed by atoms with van der Waals surface area (Å²) in [4.78, 5) is 13.0. The van der Waals surface area contributed by atoms with Gasteiger partial charge in [-0.1, -0.05) is 66.7 Å². The molecular formula is C25H22NO4P. The topological polar surface area (TPSA) is 79.5 Å². The average Bonchev–Trinajstić information content (AvgIpc) is 3.38. The van der Waals surface area contributed by atoms with Gasteiger partial charge in [-0.2, -0.15) is 0 Å². The number of aliphatic hydroxyl groups excluding tert-OH is 1. The lowest BCUT2D eigenvalue weighted by Gasteiger charge is -2.28. The van der Waals surface area contributed by atoms with Crippen molar-refractivity contribution in [1.82, 2.24) is 5.09 Å². The summed E-state index contributed by atoms with van der Waals surface area (Å²) < 4.78 is 19.9. The van der Waals surface area contributed by atoms with Crippen LogP contribution in [0, 0.1) is 0 Å². The first-order valence-corrected chi connectivity index (χ1v) is 11.6. The van der Waals surface area contributed by atoms with Crippen molar-refractivity contribution in [2.45, 2.75) is 12.1 Å². The maximum atomic E-state index is 14.4. The third kappa shape index (κ3) is 4.44. The highest BCUT2D eigenvalue weighted by molar-refractivity contribution is 7.76. The second-order valence-corrected chi connectivity index (χ2v) is 9.59.